The molecule has 1 unspecified atom stereocenters. The summed E-state index contributed by atoms with van der Waals surface area (Å²) in [5.74, 6) is -0.542. The van der Waals surface area contributed by atoms with Crippen molar-refractivity contribution >= 4 is 0 Å². The fourth-order valence-corrected chi connectivity index (χ4v) is 3.77. The van der Waals surface area contributed by atoms with Crippen molar-refractivity contribution in [1.82, 2.24) is 10.2 Å². The number of halogens is 3. The SMILES string of the molecule is FC(F)(F)C1CCCN(Cc2ccc(C3CCNCC3)cc2)C1. The number of benzene rings is 1. The van der Waals surface area contributed by atoms with Crippen LogP contribution in [0.2, 0.25) is 0 Å². The van der Waals surface area contributed by atoms with Gasteiger partial charge < -0.3 is 5.32 Å². The first-order chi connectivity index (χ1) is 11.0. The monoisotopic (exact) mass is 326 g/mol. The van der Waals surface area contributed by atoms with E-state index in [1.165, 1.54) is 18.4 Å². The van der Waals surface area contributed by atoms with Gasteiger partial charge in [-0.05, 0) is 62.4 Å². The van der Waals surface area contributed by atoms with Crippen molar-refractivity contribution < 1.29 is 13.2 Å². The van der Waals surface area contributed by atoms with E-state index in [1.807, 2.05) is 4.90 Å². The summed E-state index contributed by atoms with van der Waals surface area (Å²) in [6.45, 7) is 3.67. The van der Waals surface area contributed by atoms with Crippen molar-refractivity contribution in [2.24, 2.45) is 5.92 Å². The summed E-state index contributed by atoms with van der Waals surface area (Å²) in [6.07, 6.45) is -0.818. The van der Waals surface area contributed by atoms with Gasteiger partial charge in [0.25, 0.3) is 0 Å². The average Bonchev–Trinajstić information content (AvgIpc) is 2.56. The molecule has 0 saturated carbocycles. The van der Waals surface area contributed by atoms with E-state index < -0.39 is 12.1 Å². The summed E-state index contributed by atoms with van der Waals surface area (Å²) in [4.78, 5) is 1.95. The highest BCUT2D eigenvalue weighted by molar-refractivity contribution is 5.26. The summed E-state index contributed by atoms with van der Waals surface area (Å²) in [6, 6.07) is 8.51. The van der Waals surface area contributed by atoms with Crippen molar-refractivity contribution in [3.8, 4) is 0 Å². The Bertz CT molecular complexity index is 492. The molecule has 0 aliphatic carbocycles. The van der Waals surface area contributed by atoms with Crippen molar-refractivity contribution in [2.75, 3.05) is 26.2 Å². The molecule has 1 atom stereocenters. The minimum Gasteiger partial charge on any atom is -0.317 e. The van der Waals surface area contributed by atoms with Crippen LogP contribution < -0.4 is 5.32 Å². The molecule has 128 valence electrons. The van der Waals surface area contributed by atoms with E-state index in [0.29, 0.717) is 18.9 Å². The van der Waals surface area contributed by atoms with Crippen LogP contribution in [-0.4, -0.2) is 37.3 Å². The summed E-state index contributed by atoms with van der Waals surface area (Å²) in [5, 5.41) is 3.37. The van der Waals surface area contributed by atoms with Gasteiger partial charge in [0.15, 0.2) is 0 Å². The van der Waals surface area contributed by atoms with E-state index in [1.54, 1.807) is 0 Å². The molecule has 0 spiro atoms. The number of hydrogen-bond donors (Lipinski definition) is 1. The molecule has 3 rings (SSSR count). The molecular formula is C18H25F3N2. The summed E-state index contributed by atoms with van der Waals surface area (Å²) < 4.78 is 38.6. The van der Waals surface area contributed by atoms with E-state index in [-0.39, 0.29) is 13.0 Å². The first-order valence-corrected chi connectivity index (χ1v) is 8.61. The quantitative estimate of drug-likeness (QED) is 0.905. The molecule has 1 aromatic carbocycles. The average molecular weight is 326 g/mol. The normalized spacial score (nSPS) is 24.7. The minimum absolute atomic E-state index is 0.138. The van der Waals surface area contributed by atoms with Gasteiger partial charge in [-0.15, -0.1) is 0 Å². The largest absolute Gasteiger partial charge is 0.393 e. The maximum absolute atomic E-state index is 12.9. The molecule has 0 bridgehead atoms. The lowest BCUT2D eigenvalue weighted by molar-refractivity contribution is -0.187. The number of likely N-dealkylation sites (tertiary alicyclic amines) is 1. The molecule has 2 aliphatic rings. The van der Waals surface area contributed by atoms with Gasteiger partial charge in [-0.1, -0.05) is 24.3 Å². The maximum Gasteiger partial charge on any atom is 0.393 e. The van der Waals surface area contributed by atoms with Crippen LogP contribution in [0.5, 0.6) is 0 Å². The lowest BCUT2D eigenvalue weighted by atomic mass is 9.89. The molecule has 0 amide bonds. The standard InChI is InChI=1S/C18H25F3N2/c19-18(20,21)17-2-1-11-23(13-17)12-14-3-5-15(6-4-14)16-7-9-22-10-8-16/h3-6,16-17,22H,1-2,7-13H2. The number of nitrogens with zero attached hydrogens (tertiary/aromatic N) is 1. The Balaban J connectivity index is 1.57. The third kappa shape index (κ3) is 4.48. The fraction of sp³-hybridized carbons (Fsp3) is 0.667. The Labute approximate surface area is 136 Å². The van der Waals surface area contributed by atoms with Gasteiger partial charge in [0, 0.05) is 13.1 Å². The van der Waals surface area contributed by atoms with Crippen LogP contribution >= 0.6 is 0 Å². The molecule has 0 aromatic heterocycles. The second-order valence-corrected chi connectivity index (χ2v) is 6.88. The zero-order valence-electron chi connectivity index (χ0n) is 13.4. The number of rotatable bonds is 3. The van der Waals surface area contributed by atoms with E-state index in [2.05, 4.69) is 29.6 Å². The van der Waals surface area contributed by atoms with E-state index in [0.717, 1.165) is 25.2 Å². The Morgan fingerprint density at radius 1 is 1.04 bits per heavy atom. The van der Waals surface area contributed by atoms with Gasteiger partial charge in [0.05, 0.1) is 5.92 Å². The summed E-state index contributed by atoms with van der Waals surface area (Å²) >= 11 is 0. The topological polar surface area (TPSA) is 15.3 Å². The molecule has 2 fully saturated rings. The molecule has 5 heteroatoms. The third-order valence-electron chi connectivity index (χ3n) is 5.16. The highest BCUT2D eigenvalue weighted by Crippen LogP contribution is 2.33. The second kappa shape index (κ2) is 7.22. The summed E-state index contributed by atoms with van der Waals surface area (Å²) in [5.41, 5.74) is 2.48. The van der Waals surface area contributed by atoms with Crippen LogP contribution in [0.15, 0.2) is 24.3 Å². The van der Waals surface area contributed by atoms with Crippen molar-refractivity contribution in [3.05, 3.63) is 35.4 Å². The Kier molecular flexibility index (Phi) is 5.27. The molecule has 2 aliphatic heterocycles. The van der Waals surface area contributed by atoms with Gasteiger partial charge in [0.2, 0.25) is 0 Å². The molecule has 0 radical (unpaired) electrons. The zero-order valence-corrected chi connectivity index (χ0v) is 13.4. The molecular weight excluding hydrogens is 301 g/mol. The maximum atomic E-state index is 12.9. The van der Waals surface area contributed by atoms with Gasteiger partial charge in [0.1, 0.15) is 0 Å². The highest BCUT2D eigenvalue weighted by atomic mass is 19.4. The Morgan fingerprint density at radius 2 is 1.74 bits per heavy atom. The van der Waals surface area contributed by atoms with E-state index in [4.69, 9.17) is 0 Å². The van der Waals surface area contributed by atoms with E-state index in [9.17, 15) is 13.2 Å². The van der Waals surface area contributed by atoms with Crippen LogP contribution in [0, 0.1) is 5.92 Å². The fourth-order valence-electron chi connectivity index (χ4n) is 3.77. The second-order valence-electron chi connectivity index (χ2n) is 6.88. The molecule has 23 heavy (non-hydrogen) atoms. The van der Waals surface area contributed by atoms with Gasteiger partial charge in [-0.2, -0.15) is 13.2 Å². The third-order valence-corrected chi connectivity index (χ3v) is 5.16. The number of nitrogens with one attached hydrogen (secondary N) is 1. The first kappa shape index (κ1) is 16.8. The Morgan fingerprint density at radius 3 is 2.39 bits per heavy atom. The van der Waals surface area contributed by atoms with Crippen LogP contribution in [0.3, 0.4) is 0 Å². The van der Waals surface area contributed by atoms with Crippen LogP contribution in [0.25, 0.3) is 0 Å². The van der Waals surface area contributed by atoms with Crippen molar-refractivity contribution in [3.63, 3.8) is 0 Å². The molecule has 2 nitrogen and oxygen atoms in total. The van der Waals surface area contributed by atoms with Crippen LogP contribution in [0.1, 0.15) is 42.7 Å². The van der Waals surface area contributed by atoms with Crippen molar-refractivity contribution in [1.29, 1.82) is 0 Å². The highest BCUT2D eigenvalue weighted by Gasteiger charge is 2.41. The predicted octanol–water partition coefficient (Wildman–Crippen LogP) is 3.93. The lowest BCUT2D eigenvalue weighted by Gasteiger charge is -2.33. The summed E-state index contributed by atoms with van der Waals surface area (Å²) in [7, 11) is 0. The predicted molar refractivity (Wildman–Crippen MR) is 85.3 cm³/mol. The molecule has 1 aromatic rings. The molecule has 2 heterocycles. The number of hydrogen-bond acceptors (Lipinski definition) is 2. The van der Waals surface area contributed by atoms with Gasteiger partial charge in [-0.3, -0.25) is 4.90 Å². The molecule has 2 saturated heterocycles. The first-order valence-electron chi connectivity index (χ1n) is 8.61. The van der Waals surface area contributed by atoms with Gasteiger partial charge >= 0.3 is 6.18 Å². The number of alkyl halides is 3. The van der Waals surface area contributed by atoms with Crippen LogP contribution in [0.4, 0.5) is 13.2 Å². The van der Waals surface area contributed by atoms with Crippen LogP contribution in [-0.2, 0) is 6.54 Å². The Hall–Kier alpha value is -1.07. The van der Waals surface area contributed by atoms with Crippen molar-refractivity contribution in [2.45, 2.75) is 44.3 Å². The molecule has 1 N–H and O–H groups in total. The lowest BCUT2D eigenvalue weighted by Crippen LogP contribution is -2.41. The minimum atomic E-state index is -4.06. The smallest absolute Gasteiger partial charge is 0.317 e. The van der Waals surface area contributed by atoms with E-state index >= 15 is 0 Å². The zero-order chi connectivity index (χ0) is 16.3. The number of piperidine rings is 2. The van der Waals surface area contributed by atoms with Gasteiger partial charge in [-0.25, -0.2) is 0 Å².